The highest BCUT2D eigenvalue weighted by molar-refractivity contribution is 5.77. The van der Waals surface area contributed by atoms with E-state index in [1.54, 1.807) is 19.1 Å². The Balaban J connectivity index is 2.75. The fraction of sp³-hybridized carbons (Fsp3) is 0.500. The molecule has 0 atom stereocenters. The molecule has 0 unspecified atom stereocenters. The Hall–Kier alpha value is -3.21. The third kappa shape index (κ3) is 8.03. The summed E-state index contributed by atoms with van der Waals surface area (Å²) in [6, 6.07) is 9.22. The Morgan fingerprint density at radius 2 is 1.33 bits per heavy atom. The number of rotatable bonds is 12. The summed E-state index contributed by atoms with van der Waals surface area (Å²) < 4.78 is 5.91. The normalized spacial score (nSPS) is 10.9. The molecule has 0 aromatic heterocycles. The van der Waals surface area contributed by atoms with Crippen molar-refractivity contribution in [2.45, 2.75) is 78.1 Å². The van der Waals surface area contributed by atoms with Crippen LogP contribution in [0.15, 0.2) is 12.1 Å². The van der Waals surface area contributed by atoms with E-state index in [1.807, 2.05) is 18.2 Å². The zero-order valence-corrected chi connectivity index (χ0v) is 18.3. The molecule has 1 rings (SSSR count). The molecule has 4 heteroatoms. The Kier molecular flexibility index (Phi) is 12.2. The van der Waals surface area contributed by atoms with Gasteiger partial charge in [-0.25, -0.2) is 0 Å². The van der Waals surface area contributed by atoms with Crippen LogP contribution in [0.5, 0.6) is 5.75 Å². The first-order chi connectivity index (χ1) is 14.6. The van der Waals surface area contributed by atoms with Crippen LogP contribution in [0.3, 0.4) is 0 Å². The van der Waals surface area contributed by atoms with Gasteiger partial charge in [0, 0.05) is 10.4 Å². The first-order valence-corrected chi connectivity index (χ1v) is 10.8. The van der Waals surface area contributed by atoms with Crippen LogP contribution in [0, 0.1) is 53.3 Å². The zero-order valence-electron chi connectivity index (χ0n) is 18.3. The average Bonchev–Trinajstić information content (AvgIpc) is 2.75. The number of hydrogen-bond acceptors (Lipinski definition) is 4. The second-order valence-electron chi connectivity index (χ2n) is 7.42. The topological polar surface area (TPSA) is 80.6 Å². The molecule has 1 aromatic rings. The lowest BCUT2D eigenvalue weighted by molar-refractivity contribution is 0.301. The van der Waals surface area contributed by atoms with E-state index >= 15 is 0 Å². The Morgan fingerprint density at radius 3 is 1.83 bits per heavy atom. The van der Waals surface area contributed by atoms with Gasteiger partial charge in [-0.3, -0.25) is 0 Å². The quantitative estimate of drug-likeness (QED) is 0.372. The highest BCUT2D eigenvalue weighted by Gasteiger charge is 2.08. The lowest BCUT2D eigenvalue weighted by Gasteiger charge is -2.09. The molecule has 4 nitrogen and oxygen atoms in total. The zero-order chi connectivity index (χ0) is 22.2. The summed E-state index contributed by atoms with van der Waals surface area (Å²) in [5.74, 6) is 2.81. The van der Waals surface area contributed by atoms with Gasteiger partial charge in [-0.05, 0) is 31.0 Å². The summed E-state index contributed by atoms with van der Waals surface area (Å²) in [5, 5.41) is 28.8. The molecule has 156 valence electrons. The van der Waals surface area contributed by atoms with Gasteiger partial charge >= 0.3 is 0 Å². The van der Waals surface area contributed by atoms with Gasteiger partial charge in [-0.15, -0.1) is 6.42 Å². The van der Waals surface area contributed by atoms with Gasteiger partial charge in [0.15, 0.2) is 0 Å². The Morgan fingerprint density at radius 1 is 0.800 bits per heavy atom. The summed E-state index contributed by atoms with van der Waals surface area (Å²) >= 11 is 0. The van der Waals surface area contributed by atoms with Crippen LogP contribution in [0.4, 0.5) is 0 Å². The minimum Gasteiger partial charge on any atom is -0.493 e. The van der Waals surface area contributed by atoms with Crippen molar-refractivity contribution in [2.75, 3.05) is 6.61 Å². The number of unbranched alkanes of at least 4 members (excludes halogenated alkanes) is 9. The maximum atomic E-state index is 9.27. The van der Waals surface area contributed by atoms with Crippen molar-refractivity contribution >= 4 is 11.1 Å². The van der Waals surface area contributed by atoms with Crippen LogP contribution in [0.25, 0.3) is 11.1 Å². The van der Waals surface area contributed by atoms with Crippen LogP contribution >= 0.6 is 0 Å². The van der Waals surface area contributed by atoms with Gasteiger partial charge in [-0.2, -0.15) is 15.8 Å². The molecule has 0 bridgehead atoms. The van der Waals surface area contributed by atoms with Crippen LogP contribution in [0.2, 0.25) is 0 Å². The minimum absolute atomic E-state index is 0.0121. The minimum atomic E-state index is -0.0121. The Labute approximate surface area is 181 Å². The monoisotopic (exact) mass is 401 g/mol. The van der Waals surface area contributed by atoms with Crippen molar-refractivity contribution < 1.29 is 4.74 Å². The molecule has 0 aliphatic heterocycles. The van der Waals surface area contributed by atoms with Gasteiger partial charge in [0.1, 0.15) is 35.1 Å². The number of hydrogen-bond donors (Lipinski definition) is 0. The van der Waals surface area contributed by atoms with Crippen molar-refractivity contribution in [2.24, 2.45) is 0 Å². The first-order valence-electron chi connectivity index (χ1n) is 10.8. The second-order valence-corrected chi connectivity index (χ2v) is 7.42. The predicted molar refractivity (Wildman–Crippen MR) is 120 cm³/mol. The van der Waals surface area contributed by atoms with Crippen LogP contribution in [-0.4, -0.2) is 6.61 Å². The van der Waals surface area contributed by atoms with Gasteiger partial charge in [0.2, 0.25) is 0 Å². The third-order valence-electron chi connectivity index (χ3n) is 5.10. The molecule has 1 aromatic carbocycles. The molecule has 0 saturated carbocycles. The third-order valence-corrected chi connectivity index (χ3v) is 5.10. The highest BCUT2D eigenvalue weighted by Crippen LogP contribution is 2.11. The fourth-order valence-electron chi connectivity index (χ4n) is 3.36. The smallest absolute Gasteiger partial charge is 0.140 e. The van der Waals surface area contributed by atoms with Crippen LogP contribution in [-0.2, 0) is 0 Å². The average molecular weight is 402 g/mol. The fourth-order valence-corrected chi connectivity index (χ4v) is 3.36. The van der Waals surface area contributed by atoms with Crippen molar-refractivity contribution in [3.63, 3.8) is 0 Å². The lowest BCUT2D eigenvalue weighted by atomic mass is 10.0. The van der Waals surface area contributed by atoms with E-state index in [2.05, 4.69) is 12.8 Å². The number of ether oxygens (including phenoxy) is 1. The molecule has 0 fully saturated rings. The molecule has 30 heavy (non-hydrogen) atoms. The number of benzene rings is 1. The van der Waals surface area contributed by atoms with Crippen molar-refractivity contribution in [3.8, 4) is 36.3 Å². The van der Waals surface area contributed by atoms with Gasteiger partial charge in [0.25, 0.3) is 0 Å². The maximum absolute atomic E-state index is 9.27. The van der Waals surface area contributed by atoms with Gasteiger partial charge < -0.3 is 4.74 Å². The number of nitriles is 3. The first kappa shape index (κ1) is 24.8. The van der Waals surface area contributed by atoms with E-state index in [1.165, 1.54) is 51.4 Å². The van der Waals surface area contributed by atoms with Crippen molar-refractivity contribution in [1.82, 2.24) is 0 Å². The summed E-state index contributed by atoms with van der Waals surface area (Å²) in [7, 11) is 0. The second kappa shape index (κ2) is 14.7. The maximum Gasteiger partial charge on any atom is 0.140 e. The van der Waals surface area contributed by atoms with Crippen molar-refractivity contribution in [1.29, 1.82) is 15.8 Å². The van der Waals surface area contributed by atoms with Gasteiger partial charge in [0.05, 0.1) is 6.61 Å². The molecule has 0 aliphatic rings. The molecular formula is C26H31N3O. The standard InChI is InChI=1S/C26H31N3O/c1-4-6-7-8-9-10-11-12-13-14-15-30-26-17-24(22(5-2)18-27)21(3)16-25(26)23(19-28)20-29/h2,16-17H,4,6-15H2,1,3H3/b24-22-. The lowest BCUT2D eigenvalue weighted by Crippen LogP contribution is -2.20. The van der Waals surface area contributed by atoms with E-state index < -0.39 is 0 Å². The van der Waals surface area contributed by atoms with Crippen LogP contribution in [0.1, 0.15) is 76.7 Å². The molecule has 0 heterocycles. The molecule has 0 spiro atoms. The van der Waals surface area contributed by atoms with E-state index in [0.29, 0.717) is 22.8 Å². The largest absolute Gasteiger partial charge is 0.493 e. The summed E-state index contributed by atoms with van der Waals surface area (Å²) in [6.45, 7) is 4.53. The Bertz CT molecular complexity index is 946. The molecule has 0 radical (unpaired) electrons. The predicted octanol–water partition coefficient (Wildman–Crippen LogP) is 4.80. The SMILES string of the molecule is C#C/C(C#N)=c1\cc(OCCCCCCCCCCCC)c(=C(C#N)C#N)cc1C. The summed E-state index contributed by atoms with van der Waals surface area (Å²) in [6.07, 6.45) is 17.8. The molecule has 0 N–H and O–H groups in total. The number of nitrogens with zero attached hydrogens (tertiary/aromatic N) is 3. The van der Waals surface area contributed by atoms with Crippen molar-refractivity contribution in [3.05, 3.63) is 28.1 Å². The van der Waals surface area contributed by atoms with E-state index in [4.69, 9.17) is 11.2 Å². The number of aryl methyl sites for hydroxylation is 1. The summed E-state index contributed by atoms with van der Waals surface area (Å²) in [4.78, 5) is 0. The van der Waals surface area contributed by atoms with Crippen LogP contribution < -0.4 is 15.2 Å². The van der Waals surface area contributed by atoms with E-state index in [9.17, 15) is 15.8 Å². The highest BCUT2D eigenvalue weighted by atomic mass is 16.5. The molecule has 0 amide bonds. The summed E-state index contributed by atoms with van der Waals surface area (Å²) in [5.41, 5.74) is 0.925. The molecule has 0 saturated heterocycles. The molecule has 0 aliphatic carbocycles. The van der Waals surface area contributed by atoms with E-state index in [0.717, 1.165) is 18.4 Å². The molecular weight excluding hydrogens is 370 g/mol. The van der Waals surface area contributed by atoms with E-state index in [-0.39, 0.29) is 11.1 Å². The van der Waals surface area contributed by atoms with Gasteiger partial charge in [-0.1, -0.05) is 70.6 Å². The number of terminal acetylenes is 1.